The molecule has 0 spiro atoms. The predicted molar refractivity (Wildman–Crippen MR) is 40.8 cm³/mol. The van der Waals surface area contributed by atoms with Crippen LogP contribution in [0.1, 0.15) is 0 Å². The minimum Gasteiger partial charge on any atom is -0.393 e. The molecule has 4 heteroatoms. The van der Waals surface area contributed by atoms with Gasteiger partial charge in [-0.3, -0.25) is 9.79 Å². The molecule has 56 valence electrons. The molecule has 10 heavy (non-hydrogen) atoms. The lowest BCUT2D eigenvalue weighted by molar-refractivity contribution is -0.113. The van der Waals surface area contributed by atoms with Gasteiger partial charge in [-0.15, -0.1) is 0 Å². The van der Waals surface area contributed by atoms with Gasteiger partial charge in [-0.1, -0.05) is 0 Å². The van der Waals surface area contributed by atoms with Gasteiger partial charge in [-0.05, 0) is 0 Å². The molecule has 0 aliphatic rings. The lowest BCUT2D eigenvalue weighted by Gasteiger charge is -1.85. The van der Waals surface area contributed by atoms with Crippen molar-refractivity contribution in [2.75, 3.05) is 14.1 Å². The van der Waals surface area contributed by atoms with Crippen molar-refractivity contribution in [3.63, 3.8) is 0 Å². The van der Waals surface area contributed by atoms with Crippen LogP contribution < -0.4 is 10.6 Å². The highest BCUT2D eigenvalue weighted by Gasteiger charge is 1.84. The Kier molecular flexibility index (Phi) is 5.04. The fourth-order valence-electron chi connectivity index (χ4n) is 0.293. The Bertz CT molecular complexity index is 151. The largest absolute Gasteiger partial charge is 0.393 e. The summed E-state index contributed by atoms with van der Waals surface area (Å²) < 4.78 is 0. The van der Waals surface area contributed by atoms with E-state index in [1.165, 1.54) is 12.4 Å². The molecule has 2 N–H and O–H groups in total. The van der Waals surface area contributed by atoms with E-state index in [-0.39, 0.29) is 5.91 Å². The third kappa shape index (κ3) is 4.83. The summed E-state index contributed by atoms with van der Waals surface area (Å²) in [6.45, 7) is 0. The third-order valence-electron chi connectivity index (χ3n) is 0.765. The average molecular weight is 141 g/mol. The first kappa shape index (κ1) is 8.68. The van der Waals surface area contributed by atoms with Gasteiger partial charge >= 0.3 is 0 Å². The van der Waals surface area contributed by atoms with Crippen LogP contribution in [0.15, 0.2) is 17.4 Å². The second-order valence-electron chi connectivity index (χ2n) is 1.50. The molecule has 0 unspecified atom stereocenters. The van der Waals surface area contributed by atoms with Crippen molar-refractivity contribution in [1.82, 2.24) is 10.6 Å². The number of carbonyl (C=O) groups is 1. The molecule has 4 nitrogen and oxygen atoms in total. The summed E-state index contributed by atoms with van der Waals surface area (Å²) in [5, 5.41) is 5.13. The van der Waals surface area contributed by atoms with Crippen molar-refractivity contribution in [2.45, 2.75) is 0 Å². The van der Waals surface area contributed by atoms with E-state index in [1.54, 1.807) is 20.3 Å². The Hall–Kier alpha value is -1.32. The summed E-state index contributed by atoms with van der Waals surface area (Å²) in [6.07, 6.45) is 4.32. The lowest BCUT2D eigenvalue weighted by Crippen LogP contribution is -2.18. The molecular weight excluding hydrogens is 130 g/mol. The summed E-state index contributed by atoms with van der Waals surface area (Å²) in [5.74, 6) is -0.208. The maximum absolute atomic E-state index is 10.5. The van der Waals surface area contributed by atoms with Gasteiger partial charge in [0.25, 0.3) is 5.91 Å². The standard InChI is InChI=1S/C6H11N3O/c1-7-3-4-9-5-6(10)8-2/h3-5,7H,1-2H3,(H,8,10)/b4-3-,9-5+. The van der Waals surface area contributed by atoms with Crippen molar-refractivity contribution in [3.8, 4) is 0 Å². The van der Waals surface area contributed by atoms with Crippen LogP contribution in [0.4, 0.5) is 0 Å². The van der Waals surface area contributed by atoms with Gasteiger partial charge in [0, 0.05) is 26.5 Å². The molecule has 0 aliphatic heterocycles. The van der Waals surface area contributed by atoms with Gasteiger partial charge in [0.15, 0.2) is 0 Å². The summed E-state index contributed by atoms with van der Waals surface area (Å²) in [4.78, 5) is 14.1. The predicted octanol–water partition coefficient (Wildman–Crippen LogP) is -0.506. The molecule has 0 saturated heterocycles. The van der Waals surface area contributed by atoms with Crippen LogP contribution in [0.2, 0.25) is 0 Å². The topological polar surface area (TPSA) is 53.5 Å². The van der Waals surface area contributed by atoms with Gasteiger partial charge in [0.1, 0.15) is 0 Å². The Morgan fingerprint density at radius 1 is 1.50 bits per heavy atom. The quantitative estimate of drug-likeness (QED) is 0.520. The molecule has 0 radical (unpaired) electrons. The Morgan fingerprint density at radius 2 is 2.20 bits per heavy atom. The van der Waals surface area contributed by atoms with Crippen molar-refractivity contribution in [2.24, 2.45) is 4.99 Å². The minimum atomic E-state index is -0.208. The number of nitrogens with one attached hydrogen (secondary N) is 2. The summed E-state index contributed by atoms with van der Waals surface area (Å²) in [6, 6.07) is 0. The van der Waals surface area contributed by atoms with Crippen LogP contribution in [-0.4, -0.2) is 26.2 Å². The van der Waals surface area contributed by atoms with Gasteiger partial charge < -0.3 is 10.6 Å². The molecule has 0 aromatic heterocycles. The number of hydrogen-bond acceptors (Lipinski definition) is 3. The van der Waals surface area contributed by atoms with Crippen LogP contribution in [0.25, 0.3) is 0 Å². The molecule has 1 amide bonds. The molecule has 0 aromatic rings. The first-order valence-corrected chi connectivity index (χ1v) is 2.88. The highest BCUT2D eigenvalue weighted by Crippen LogP contribution is 1.67. The van der Waals surface area contributed by atoms with Gasteiger partial charge in [0.2, 0.25) is 0 Å². The number of aliphatic imine (C=N–C) groups is 1. The van der Waals surface area contributed by atoms with E-state index < -0.39 is 0 Å². The zero-order valence-electron chi connectivity index (χ0n) is 6.09. The lowest BCUT2D eigenvalue weighted by atomic mass is 10.7. The zero-order valence-corrected chi connectivity index (χ0v) is 6.09. The second-order valence-corrected chi connectivity index (χ2v) is 1.50. The number of carbonyl (C=O) groups excluding carboxylic acids is 1. The fraction of sp³-hybridized carbons (Fsp3) is 0.333. The third-order valence-corrected chi connectivity index (χ3v) is 0.765. The highest BCUT2D eigenvalue weighted by molar-refractivity contribution is 6.26. The maximum Gasteiger partial charge on any atom is 0.262 e. The van der Waals surface area contributed by atoms with Crippen LogP contribution in [0, 0.1) is 0 Å². The van der Waals surface area contributed by atoms with E-state index in [2.05, 4.69) is 15.6 Å². The second kappa shape index (κ2) is 5.81. The van der Waals surface area contributed by atoms with Crippen molar-refractivity contribution >= 4 is 12.1 Å². The zero-order chi connectivity index (χ0) is 7.82. The van der Waals surface area contributed by atoms with E-state index in [0.29, 0.717) is 0 Å². The van der Waals surface area contributed by atoms with Crippen molar-refractivity contribution < 1.29 is 4.79 Å². The molecule has 0 aromatic carbocycles. The molecule has 0 atom stereocenters. The van der Waals surface area contributed by atoms with Gasteiger partial charge in [-0.25, -0.2) is 0 Å². The molecule has 0 aliphatic carbocycles. The molecule has 0 saturated carbocycles. The van der Waals surface area contributed by atoms with E-state index in [9.17, 15) is 4.79 Å². The Labute approximate surface area is 60.0 Å². The van der Waals surface area contributed by atoms with E-state index in [0.717, 1.165) is 0 Å². The van der Waals surface area contributed by atoms with Crippen LogP contribution >= 0.6 is 0 Å². The Balaban J connectivity index is 3.55. The smallest absolute Gasteiger partial charge is 0.262 e. The fourth-order valence-corrected chi connectivity index (χ4v) is 0.293. The van der Waals surface area contributed by atoms with Gasteiger partial charge in [-0.2, -0.15) is 0 Å². The summed E-state index contributed by atoms with van der Waals surface area (Å²) in [7, 11) is 3.31. The molecule has 0 heterocycles. The minimum absolute atomic E-state index is 0.208. The number of nitrogens with zero attached hydrogens (tertiary/aromatic N) is 1. The highest BCUT2D eigenvalue weighted by atomic mass is 16.1. The normalized spacial score (nSPS) is 10.6. The molecule has 0 rings (SSSR count). The summed E-state index contributed by atoms with van der Waals surface area (Å²) >= 11 is 0. The number of hydrogen-bond donors (Lipinski definition) is 2. The molecule has 0 fully saturated rings. The number of amides is 1. The maximum atomic E-state index is 10.5. The first-order chi connectivity index (χ1) is 4.81. The average Bonchev–Trinajstić information content (AvgIpc) is 1.98. The van der Waals surface area contributed by atoms with Gasteiger partial charge in [0.05, 0.1) is 6.21 Å². The van der Waals surface area contributed by atoms with Crippen molar-refractivity contribution in [1.29, 1.82) is 0 Å². The SMILES string of the molecule is CN/C=C\N=C\C(=O)NC. The van der Waals surface area contributed by atoms with Crippen LogP contribution in [0.3, 0.4) is 0 Å². The summed E-state index contributed by atoms with van der Waals surface area (Å²) in [5.41, 5.74) is 0. The monoisotopic (exact) mass is 141 g/mol. The van der Waals surface area contributed by atoms with E-state index >= 15 is 0 Å². The van der Waals surface area contributed by atoms with Crippen molar-refractivity contribution in [3.05, 3.63) is 12.4 Å². The van der Waals surface area contributed by atoms with E-state index in [1.807, 2.05) is 0 Å². The molecular formula is C6H11N3O. The Morgan fingerprint density at radius 3 is 2.70 bits per heavy atom. The van der Waals surface area contributed by atoms with Crippen LogP contribution in [-0.2, 0) is 4.79 Å². The first-order valence-electron chi connectivity index (χ1n) is 2.88. The van der Waals surface area contributed by atoms with E-state index in [4.69, 9.17) is 0 Å². The molecule has 0 bridgehead atoms. The number of rotatable bonds is 3. The van der Waals surface area contributed by atoms with Crippen LogP contribution in [0.5, 0.6) is 0 Å².